The molecule has 0 saturated heterocycles. The van der Waals surface area contributed by atoms with E-state index in [2.05, 4.69) is 10.0 Å². The van der Waals surface area contributed by atoms with Crippen LogP contribution in [-0.2, 0) is 19.6 Å². The molecule has 0 aliphatic heterocycles. The highest BCUT2D eigenvalue weighted by atomic mass is 32.2. The summed E-state index contributed by atoms with van der Waals surface area (Å²) in [6.45, 7) is 1.43. The third-order valence-electron chi connectivity index (χ3n) is 4.70. The molecule has 166 valence electrons. The van der Waals surface area contributed by atoms with Gasteiger partial charge in [0.1, 0.15) is 0 Å². The summed E-state index contributed by atoms with van der Waals surface area (Å²) < 4.78 is 28.4. The summed E-state index contributed by atoms with van der Waals surface area (Å²) in [6.07, 6.45) is 0. The van der Waals surface area contributed by atoms with E-state index in [0.717, 1.165) is 12.1 Å². The van der Waals surface area contributed by atoms with Crippen LogP contribution in [0.5, 0.6) is 0 Å². The largest absolute Gasteiger partial charge is 0.319 e. The minimum atomic E-state index is -4.40. The van der Waals surface area contributed by atoms with Crippen molar-refractivity contribution in [2.75, 3.05) is 5.32 Å². The van der Waals surface area contributed by atoms with Crippen molar-refractivity contribution in [1.82, 2.24) is 4.72 Å². The van der Waals surface area contributed by atoms with E-state index in [0.29, 0.717) is 11.3 Å². The summed E-state index contributed by atoms with van der Waals surface area (Å²) in [5.41, 5.74) is 0.293. The fourth-order valence-corrected chi connectivity index (χ4v) is 5.22. The second-order valence-corrected chi connectivity index (χ2v) is 9.32. The molecular formula is C21H19N3O6S2. The highest BCUT2D eigenvalue weighted by Crippen LogP contribution is 2.30. The molecule has 2 atom stereocenters. The number of rotatable bonds is 9. The molecule has 3 aromatic rings. The maximum Gasteiger partial charge on any atom is 0.292 e. The lowest BCUT2D eigenvalue weighted by Gasteiger charge is -2.23. The number of amides is 1. The smallest absolute Gasteiger partial charge is 0.292 e. The molecule has 1 aromatic heterocycles. The van der Waals surface area contributed by atoms with Crippen LogP contribution in [0.3, 0.4) is 0 Å². The van der Waals surface area contributed by atoms with Crippen molar-refractivity contribution in [2.24, 2.45) is 5.92 Å². The second-order valence-electron chi connectivity index (χ2n) is 6.85. The van der Waals surface area contributed by atoms with Crippen LogP contribution in [0.2, 0.25) is 0 Å². The molecule has 0 saturated carbocycles. The van der Waals surface area contributed by atoms with Crippen LogP contribution in [0.4, 0.5) is 11.4 Å². The Balaban J connectivity index is 1.90. The molecule has 1 heterocycles. The maximum absolute atomic E-state index is 13.0. The first-order valence-corrected chi connectivity index (χ1v) is 11.8. The summed E-state index contributed by atoms with van der Waals surface area (Å²) in [5.74, 6) is -2.82. The molecule has 1 amide bonds. The first kappa shape index (κ1) is 23.3. The number of para-hydroxylation sites is 2. The fraction of sp³-hybridized carbons (Fsp3) is 0.143. The van der Waals surface area contributed by atoms with Gasteiger partial charge in [-0.2, -0.15) is 11.3 Å². The maximum atomic E-state index is 13.0. The number of benzene rings is 2. The van der Waals surface area contributed by atoms with E-state index < -0.39 is 49.2 Å². The number of nitro groups is 1. The van der Waals surface area contributed by atoms with Crippen molar-refractivity contribution in [3.63, 3.8) is 0 Å². The van der Waals surface area contributed by atoms with E-state index >= 15 is 0 Å². The van der Waals surface area contributed by atoms with Gasteiger partial charge < -0.3 is 5.32 Å². The zero-order valence-corrected chi connectivity index (χ0v) is 18.4. The lowest BCUT2D eigenvalue weighted by molar-refractivity contribution is -0.387. The summed E-state index contributed by atoms with van der Waals surface area (Å²) in [5, 5.41) is 17.1. The van der Waals surface area contributed by atoms with E-state index in [4.69, 9.17) is 0 Å². The summed E-state index contributed by atoms with van der Waals surface area (Å²) in [7, 11) is -4.40. The number of hydrogen-bond donors (Lipinski definition) is 2. The standard InChI is InChI=1S/C21H19N3O6S2/c1-14(20(25)21(26)22-16-7-3-2-4-8-16)19(15-11-12-31-13-15)23-32(29,30)18-10-6-5-9-17(18)24(27)28/h2-14,19,23H,1H3,(H,22,26)/t14-,19+/m0/s1. The molecule has 0 radical (unpaired) electrons. The molecule has 0 aliphatic rings. The van der Waals surface area contributed by atoms with Crippen LogP contribution in [0.15, 0.2) is 76.3 Å². The topological polar surface area (TPSA) is 135 Å². The molecule has 2 aromatic carbocycles. The van der Waals surface area contributed by atoms with E-state index in [-0.39, 0.29) is 0 Å². The van der Waals surface area contributed by atoms with Crippen molar-refractivity contribution in [1.29, 1.82) is 0 Å². The molecule has 0 spiro atoms. The van der Waals surface area contributed by atoms with Gasteiger partial charge in [0.25, 0.3) is 11.6 Å². The van der Waals surface area contributed by atoms with Gasteiger partial charge in [-0.1, -0.05) is 37.3 Å². The van der Waals surface area contributed by atoms with Gasteiger partial charge in [0.2, 0.25) is 15.8 Å². The Kier molecular flexibility index (Phi) is 7.13. The first-order valence-electron chi connectivity index (χ1n) is 9.39. The Hall–Kier alpha value is -3.41. The number of nitrogens with one attached hydrogen (secondary N) is 2. The first-order chi connectivity index (χ1) is 15.2. The van der Waals surface area contributed by atoms with Crippen molar-refractivity contribution in [3.8, 4) is 0 Å². The van der Waals surface area contributed by atoms with Gasteiger partial charge in [0.05, 0.1) is 11.0 Å². The summed E-state index contributed by atoms with van der Waals surface area (Å²) in [4.78, 5) is 35.3. The van der Waals surface area contributed by atoms with Crippen LogP contribution in [-0.4, -0.2) is 25.0 Å². The lowest BCUT2D eigenvalue weighted by Crippen LogP contribution is -2.39. The average Bonchev–Trinajstić information content (AvgIpc) is 3.32. The number of hydrogen-bond acceptors (Lipinski definition) is 7. The zero-order chi connectivity index (χ0) is 23.3. The number of Topliss-reactive ketones (excluding diaryl/α,β-unsaturated/α-hetero) is 1. The normalized spacial score (nSPS) is 13.2. The predicted octanol–water partition coefficient (Wildman–Crippen LogP) is 3.52. The third kappa shape index (κ3) is 5.25. The molecule has 0 unspecified atom stereocenters. The number of carbonyl (C=O) groups excluding carboxylic acids is 2. The minimum absolute atomic E-state index is 0.422. The Morgan fingerprint density at radius 3 is 2.31 bits per heavy atom. The second kappa shape index (κ2) is 9.81. The molecule has 9 nitrogen and oxygen atoms in total. The predicted molar refractivity (Wildman–Crippen MR) is 120 cm³/mol. The molecular weight excluding hydrogens is 454 g/mol. The molecule has 32 heavy (non-hydrogen) atoms. The van der Waals surface area contributed by atoms with Crippen molar-refractivity contribution < 1.29 is 22.9 Å². The van der Waals surface area contributed by atoms with E-state index in [9.17, 15) is 28.1 Å². The molecule has 0 fully saturated rings. The van der Waals surface area contributed by atoms with E-state index in [1.54, 1.807) is 47.2 Å². The van der Waals surface area contributed by atoms with Gasteiger partial charge >= 0.3 is 0 Å². The van der Waals surface area contributed by atoms with Crippen molar-refractivity contribution in [2.45, 2.75) is 17.9 Å². The van der Waals surface area contributed by atoms with Crippen LogP contribution < -0.4 is 10.0 Å². The third-order valence-corrected chi connectivity index (χ3v) is 6.89. The Morgan fingerprint density at radius 2 is 1.69 bits per heavy atom. The Bertz CT molecular complexity index is 1230. The monoisotopic (exact) mass is 473 g/mol. The number of ketones is 1. The SMILES string of the molecule is C[C@H](C(=O)C(=O)Nc1ccccc1)[C@@H](NS(=O)(=O)c1ccccc1[N+](=O)[O-])c1ccsc1. The van der Waals surface area contributed by atoms with E-state index in [1.165, 1.54) is 30.4 Å². The molecule has 11 heteroatoms. The van der Waals surface area contributed by atoms with Gasteiger partial charge in [-0.25, -0.2) is 13.1 Å². The summed E-state index contributed by atoms with van der Waals surface area (Å²) in [6, 6.07) is 13.8. The Labute approximate surface area is 188 Å². The lowest BCUT2D eigenvalue weighted by atomic mass is 9.93. The minimum Gasteiger partial charge on any atom is -0.319 e. The van der Waals surface area contributed by atoms with Crippen molar-refractivity contribution >= 4 is 44.4 Å². The van der Waals surface area contributed by atoms with Gasteiger partial charge in [-0.05, 0) is 40.6 Å². The number of nitro benzene ring substituents is 1. The number of nitrogens with zero attached hydrogens (tertiary/aromatic N) is 1. The number of thiophene rings is 1. The average molecular weight is 474 g/mol. The van der Waals surface area contributed by atoms with Crippen LogP contribution in [0, 0.1) is 16.0 Å². The quantitative estimate of drug-likeness (QED) is 0.277. The summed E-state index contributed by atoms with van der Waals surface area (Å²) >= 11 is 1.28. The van der Waals surface area contributed by atoms with Gasteiger partial charge in [-0.3, -0.25) is 19.7 Å². The molecule has 3 rings (SSSR count). The van der Waals surface area contributed by atoms with Gasteiger partial charge in [0, 0.05) is 17.7 Å². The zero-order valence-electron chi connectivity index (χ0n) is 16.8. The molecule has 0 bridgehead atoms. The van der Waals surface area contributed by atoms with Gasteiger partial charge in [0.15, 0.2) is 4.90 Å². The van der Waals surface area contributed by atoms with Crippen LogP contribution in [0.1, 0.15) is 18.5 Å². The fourth-order valence-electron chi connectivity index (χ4n) is 3.05. The Morgan fingerprint density at radius 1 is 1.03 bits per heavy atom. The van der Waals surface area contributed by atoms with Crippen LogP contribution >= 0.6 is 11.3 Å². The van der Waals surface area contributed by atoms with Crippen molar-refractivity contribution in [3.05, 3.63) is 87.1 Å². The highest BCUT2D eigenvalue weighted by molar-refractivity contribution is 7.89. The van der Waals surface area contributed by atoms with Gasteiger partial charge in [-0.15, -0.1) is 0 Å². The highest BCUT2D eigenvalue weighted by Gasteiger charge is 2.35. The molecule has 0 aliphatic carbocycles. The number of sulfonamides is 1. The molecule has 2 N–H and O–H groups in total. The van der Waals surface area contributed by atoms with Crippen LogP contribution in [0.25, 0.3) is 0 Å². The number of carbonyl (C=O) groups is 2. The van der Waals surface area contributed by atoms with E-state index in [1.807, 2.05) is 0 Å². The number of anilines is 1.